The number of aromatic nitrogens is 1. The summed E-state index contributed by atoms with van der Waals surface area (Å²) in [4.78, 5) is 17.5. The van der Waals surface area contributed by atoms with Gasteiger partial charge in [-0.25, -0.2) is 9.78 Å². The van der Waals surface area contributed by atoms with Crippen LogP contribution >= 0.6 is 0 Å². The Balaban J connectivity index is 2.25. The van der Waals surface area contributed by atoms with E-state index in [-0.39, 0.29) is 0 Å². The minimum Gasteiger partial charge on any atom is -0.478 e. The van der Waals surface area contributed by atoms with Crippen molar-refractivity contribution in [1.82, 2.24) is 4.98 Å². The van der Waals surface area contributed by atoms with Gasteiger partial charge in [0.15, 0.2) is 0 Å². The normalized spacial score (nSPS) is 20.3. The molecule has 0 aliphatic carbocycles. The smallest absolute Gasteiger partial charge is 0.335 e. The van der Waals surface area contributed by atoms with Gasteiger partial charge in [0.05, 0.1) is 5.56 Å². The Morgan fingerprint density at radius 1 is 1.59 bits per heavy atom. The van der Waals surface area contributed by atoms with Crippen LogP contribution in [0.2, 0.25) is 0 Å². The predicted octanol–water partition coefficient (Wildman–Crippen LogP) is 2.55. The molecule has 1 unspecified atom stereocenters. The zero-order valence-electron chi connectivity index (χ0n) is 10.1. The lowest BCUT2D eigenvalue weighted by molar-refractivity contribution is 0.0696. The number of rotatable bonds is 3. The second-order valence-corrected chi connectivity index (χ2v) is 4.46. The van der Waals surface area contributed by atoms with Crippen molar-refractivity contribution in [2.24, 2.45) is 0 Å². The van der Waals surface area contributed by atoms with Crippen molar-refractivity contribution in [2.45, 2.75) is 38.6 Å². The number of piperidine rings is 1. The molecule has 0 bridgehead atoms. The average molecular weight is 234 g/mol. The Hall–Kier alpha value is -1.58. The molecule has 1 atom stereocenters. The first-order valence-corrected chi connectivity index (χ1v) is 6.18. The van der Waals surface area contributed by atoms with Crippen molar-refractivity contribution in [3.05, 3.63) is 23.9 Å². The first-order chi connectivity index (χ1) is 8.22. The van der Waals surface area contributed by atoms with Crippen molar-refractivity contribution < 1.29 is 9.90 Å². The maximum absolute atomic E-state index is 10.9. The molecular weight excluding hydrogens is 216 g/mol. The Labute approximate surface area is 101 Å². The molecule has 0 spiro atoms. The van der Waals surface area contributed by atoms with Gasteiger partial charge >= 0.3 is 5.97 Å². The third kappa shape index (κ3) is 2.57. The van der Waals surface area contributed by atoms with Crippen molar-refractivity contribution in [3.8, 4) is 0 Å². The largest absolute Gasteiger partial charge is 0.478 e. The second-order valence-electron chi connectivity index (χ2n) is 4.46. The van der Waals surface area contributed by atoms with Gasteiger partial charge < -0.3 is 10.0 Å². The number of carbonyl (C=O) groups is 1. The third-order valence-corrected chi connectivity index (χ3v) is 3.39. The van der Waals surface area contributed by atoms with Crippen LogP contribution in [0.15, 0.2) is 18.3 Å². The van der Waals surface area contributed by atoms with E-state index in [0.717, 1.165) is 25.2 Å². The van der Waals surface area contributed by atoms with Crippen LogP contribution in [0.3, 0.4) is 0 Å². The minimum atomic E-state index is -0.890. The molecule has 1 fully saturated rings. The van der Waals surface area contributed by atoms with Crippen LogP contribution in [0, 0.1) is 0 Å². The number of anilines is 1. The fraction of sp³-hybridized carbons (Fsp3) is 0.538. The van der Waals surface area contributed by atoms with Crippen LogP contribution in [-0.2, 0) is 0 Å². The molecule has 0 aromatic carbocycles. The van der Waals surface area contributed by atoms with Gasteiger partial charge in [-0.2, -0.15) is 0 Å². The van der Waals surface area contributed by atoms with Crippen LogP contribution < -0.4 is 4.90 Å². The second kappa shape index (κ2) is 5.17. The summed E-state index contributed by atoms with van der Waals surface area (Å²) in [5, 5.41) is 8.98. The molecule has 1 aliphatic rings. The standard InChI is InChI=1S/C13H18N2O2/c1-2-11-5-3-4-8-15(11)12-9-10(13(16)17)6-7-14-12/h6-7,9,11H,2-5,8H2,1H3,(H,16,17). The lowest BCUT2D eigenvalue weighted by atomic mass is 10.00. The maximum atomic E-state index is 10.9. The van der Waals surface area contributed by atoms with Crippen molar-refractivity contribution >= 4 is 11.8 Å². The minimum absolute atomic E-state index is 0.315. The summed E-state index contributed by atoms with van der Waals surface area (Å²) in [6, 6.07) is 3.72. The molecule has 0 radical (unpaired) electrons. The zero-order valence-corrected chi connectivity index (χ0v) is 10.1. The number of hydrogen-bond donors (Lipinski definition) is 1. The van der Waals surface area contributed by atoms with E-state index in [9.17, 15) is 4.79 Å². The van der Waals surface area contributed by atoms with Crippen molar-refractivity contribution in [2.75, 3.05) is 11.4 Å². The molecule has 1 saturated heterocycles. The van der Waals surface area contributed by atoms with Crippen LogP contribution in [0.4, 0.5) is 5.82 Å². The molecule has 2 heterocycles. The van der Waals surface area contributed by atoms with E-state index < -0.39 is 5.97 Å². The Morgan fingerprint density at radius 3 is 3.12 bits per heavy atom. The van der Waals surface area contributed by atoms with Crippen LogP contribution in [0.25, 0.3) is 0 Å². The summed E-state index contributed by atoms with van der Waals surface area (Å²) in [5.41, 5.74) is 0.315. The summed E-state index contributed by atoms with van der Waals surface area (Å²) < 4.78 is 0. The molecule has 4 heteroatoms. The Morgan fingerprint density at radius 2 is 2.41 bits per heavy atom. The fourth-order valence-electron chi connectivity index (χ4n) is 2.44. The molecule has 1 aliphatic heterocycles. The van der Waals surface area contributed by atoms with Gasteiger partial charge in [0.2, 0.25) is 0 Å². The number of carboxylic acids is 1. The SMILES string of the molecule is CCC1CCCCN1c1cc(C(=O)O)ccn1. The fourth-order valence-corrected chi connectivity index (χ4v) is 2.44. The molecule has 4 nitrogen and oxygen atoms in total. The van der Waals surface area contributed by atoms with E-state index >= 15 is 0 Å². The molecule has 2 rings (SSSR count). The number of hydrogen-bond acceptors (Lipinski definition) is 3. The summed E-state index contributed by atoms with van der Waals surface area (Å²) in [5.74, 6) is -0.0878. The van der Waals surface area contributed by atoms with Crippen LogP contribution in [-0.4, -0.2) is 28.6 Å². The summed E-state index contributed by atoms with van der Waals surface area (Å²) in [6.45, 7) is 3.15. The summed E-state index contributed by atoms with van der Waals surface area (Å²) >= 11 is 0. The lowest BCUT2D eigenvalue weighted by Gasteiger charge is -2.36. The Bertz CT molecular complexity index is 406. The molecule has 1 aromatic rings. The summed E-state index contributed by atoms with van der Waals surface area (Å²) in [6.07, 6.45) is 6.26. The molecule has 1 N–H and O–H groups in total. The van der Waals surface area contributed by atoms with E-state index in [1.807, 2.05) is 0 Å². The molecular formula is C13H18N2O2. The van der Waals surface area contributed by atoms with Gasteiger partial charge in [-0.3, -0.25) is 0 Å². The predicted molar refractivity (Wildman–Crippen MR) is 66.5 cm³/mol. The molecule has 92 valence electrons. The molecule has 0 amide bonds. The molecule has 1 aromatic heterocycles. The number of carboxylic acid groups (broad SMARTS) is 1. The van der Waals surface area contributed by atoms with Gasteiger partial charge in [0, 0.05) is 18.8 Å². The quantitative estimate of drug-likeness (QED) is 0.873. The summed E-state index contributed by atoms with van der Waals surface area (Å²) in [7, 11) is 0. The molecule has 0 saturated carbocycles. The monoisotopic (exact) mass is 234 g/mol. The highest BCUT2D eigenvalue weighted by Crippen LogP contribution is 2.25. The van der Waals surface area contributed by atoms with Gasteiger partial charge in [-0.1, -0.05) is 6.92 Å². The Kier molecular flexibility index (Phi) is 3.61. The van der Waals surface area contributed by atoms with E-state index in [2.05, 4.69) is 16.8 Å². The van der Waals surface area contributed by atoms with E-state index in [1.165, 1.54) is 18.9 Å². The average Bonchev–Trinajstić information content (AvgIpc) is 2.39. The highest BCUT2D eigenvalue weighted by molar-refractivity contribution is 5.88. The third-order valence-electron chi connectivity index (χ3n) is 3.39. The number of pyridine rings is 1. The zero-order chi connectivity index (χ0) is 12.3. The molecule has 17 heavy (non-hydrogen) atoms. The van der Waals surface area contributed by atoms with Gasteiger partial charge in [-0.05, 0) is 37.8 Å². The first-order valence-electron chi connectivity index (χ1n) is 6.18. The van der Waals surface area contributed by atoms with Crippen molar-refractivity contribution in [1.29, 1.82) is 0 Å². The lowest BCUT2D eigenvalue weighted by Crippen LogP contribution is -2.39. The topological polar surface area (TPSA) is 53.4 Å². The van der Waals surface area contributed by atoms with Gasteiger partial charge in [0.25, 0.3) is 0 Å². The first kappa shape index (κ1) is 11.9. The number of nitrogens with zero attached hydrogens (tertiary/aromatic N) is 2. The van der Waals surface area contributed by atoms with Gasteiger partial charge in [-0.15, -0.1) is 0 Å². The van der Waals surface area contributed by atoms with E-state index in [0.29, 0.717) is 11.6 Å². The van der Waals surface area contributed by atoms with Gasteiger partial charge in [0.1, 0.15) is 5.82 Å². The van der Waals surface area contributed by atoms with E-state index in [4.69, 9.17) is 5.11 Å². The number of aromatic carboxylic acids is 1. The van der Waals surface area contributed by atoms with E-state index in [1.54, 1.807) is 12.3 Å². The highest BCUT2D eigenvalue weighted by atomic mass is 16.4. The van der Waals surface area contributed by atoms with Crippen molar-refractivity contribution in [3.63, 3.8) is 0 Å². The highest BCUT2D eigenvalue weighted by Gasteiger charge is 2.22. The maximum Gasteiger partial charge on any atom is 0.335 e. The van der Waals surface area contributed by atoms with Crippen LogP contribution in [0.5, 0.6) is 0 Å². The van der Waals surface area contributed by atoms with Crippen LogP contribution in [0.1, 0.15) is 43.0 Å².